The predicted molar refractivity (Wildman–Crippen MR) is 106 cm³/mol. The van der Waals surface area contributed by atoms with Crippen LogP contribution in [-0.4, -0.2) is 52.1 Å². The number of piperazine rings is 1. The van der Waals surface area contributed by atoms with Gasteiger partial charge in [-0.2, -0.15) is 14.6 Å². The Morgan fingerprint density at radius 1 is 1.30 bits per heavy atom. The van der Waals surface area contributed by atoms with Crippen LogP contribution in [0.25, 0.3) is 10.7 Å². The molecule has 1 saturated heterocycles. The maximum absolute atomic E-state index is 9.23. The van der Waals surface area contributed by atoms with E-state index in [0.717, 1.165) is 55.4 Å². The van der Waals surface area contributed by atoms with E-state index < -0.39 is 0 Å². The van der Waals surface area contributed by atoms with Crippen LogP contribution in [0.5, 0.6) is 0 Å². The summed E-state index contributed by atoms with van der Waals surface area (Å²) in [5.74, 6) is 1.36. The lowest BCUT2D eigenvalue weighted by Gasteiger charge is -2.35. The van der Waals surface area contributed by atoms with E-state index in [1.165, 1.54) is 11.5 Å². The summed E-state index contributed by atoms with van der Waals surface area (Å²) in [6.45, 7) is 4.63. The number of nitriles is 1. The highest BCUT2D eigenvalue weighted by molar-refractivity contribution is 7.13. The summed E-state index contributed by atoms with van der Waals surface area (Å²) in [7, 11) is 0. The zero-order valence-electron chi connectivity index (χ0n) is 14.5. The number of thiophene rings is 1. The van der Waals surface area contributed by atoms with E-state index in [4.69, 9.17) is 16.1 Å². The molecule has 140 valence electrons. The molecular formula is C17H17ClN6OS2. The maximum Gasteiger partial charge on any atom is 0.227 e. The molecule has 0 spiro atoms. The molecule has 0 radical (unpaired) electrons. The monoisotopic (exact) mass is 420 g/mol. The summed E-state index contributed by atoms with van der Waals surface area (Å²) in [5.41, 5.74) is 0.494. The molecule has 27 heavy (non-hydrogen) atoms. The molecule has 7 nitrogen and oxygen atoms in total. The third-order valence-electron chi connectivity index (χ3n) is 4.48. The van der Waals surface area contributed by atoms with Gasteiger partial charge in [0.1, 0.15) is 16.6 Å². The van der Waals surface area contributed by atoms with Crippen molar-refractivity contribution in [2.24, 2.45) is 0 Å². The van der Waals surface area contributed by atoms with E-state index in [1.54, 1.807) is 11.3 Å². The zero-order chi connectivity index (χ0) is 18.6. The Balaban J connectivity index is 1.24. The van der Waals surface area contributed by atoms with Crippen molar-refractivity contribution in [2.75, 3.05) is 37.6 Å². The maximum atomic E-state index is 9.23. The van der Waals surface area contributed by atoms with Crippen LogP contribution in [-0.2, 0) is 6.42 Å². The first kappa shape index (κ1) is 18.4. The molecule has 0 amide bonds. The van der Waals surface area contributed by atoms with Crippen LogP contribution in [0.4, 0.5) is 5.00 Å². The van der Waals surface area contributed by atoms with E-state index in [2.05, 4.69) is 30.4 Å². The molecule has 0 aliphatic carbocycles. The number of nitrogens with zero attached hydrogens (tertiary/aromatic N) is 6. The second-order valence-corrected chi connectivity index (χ2v) is 8.24. The quantitative estimate of drug-likeness (QED) is 0.603. The van der Waals surface area contributed by atoms with Crippen molar-refractivity contribution in [3.8, 4) is 16.8 Å². The number of aromatic nitrogens is 3. The average molecular weight is 421 g/mol. The largest absolute Gasteiger partial charge is 0.358 e. The zero-order valence-corrected chi connectivity index (χ0v) is 16.9. The predicted octanol–water partition coefficient (Wildman–Crippen LogP) is 3.53. The standard InChI is InChI=1S/C17H17ClN6OS2/c18-15-12(11-19)17(27-22-15)24-8-6-23(7-9-24)5-1-4-14-20-16(21-25-14)13-3-2-10-26-13/h2-3,10H,1,4-9H2. The molecule has 0 unspecified atom stereocenters. The summed E-state index contributed by atoms with van der Waals surface area (Å²) in [5, 5.41) is 16.5. The number of halogens is 1. The fraction of sp³-hybridized carbons (Fsp3) is 0.412. The molecule has 0 atom stereocenters. The molecule has 4 rings (SSSR count). The third kappa shape index (κ3) is 4.14. The van der Waals surface area contributed by atoms with Gasteiger partial charge in [0.2, 0.25) is 11.7 Å². The molecule has 0 saturated carbocycles. The van der Waals surface area contributed by atoms with E-state index in [0.29, 0.717) is 22.4 Å². The number of anilines is 1. The van der Waals surface area contributed by atoms with Crippen molar-refractivity contribution in [1.29, 1.82) is 5.26 Å². The Bertz CT molecular complexity index is 924. The van der Waals surface area contributed by atoms with E-state index >= 15 is 0 Å². The molecule has 3 aromatic rings. The molecule has 1 aliphatic heterocycles. The van der Waals surface area contributed by atoms with E-state index in [1.807, 2.05) is 17.5 Å². The van der Waals surface area contributed by atoms with E-state index in [-0.39, 0.29) is 0 Å². The first-order valence-corrected chi connectivity index (χ1v) is 10.7. The van der Waals surface area contributed by atoms with Gasteiger partial charge in [0.05, 0.1) is 4.88 Å². The van der Waals surface area contributed by atoms with Crippen LogP contribution in [0.3, 0.4) is 0 Å². The highest BCUT2D eigenvalue weighted by Gasteiger charge is 2.23. The van der Waals surface area contributed by atoms with Gasteiger partial charge in [-0.1, -0.05) is 22.8 Å². The van der Waals surface area contributed by atoms with Gasteiger partial charge >= 0.3 is 0 Å². The lowest BCUT2D eigenvalue weighted by molar-refractivity contribution is 0.251. The normalized spacial score (nSPS) is 15.2. The van der Waals surface area contributed by atoms with Crippen LogP contribution < -0.4 is 4.90 Å². The van der Waals surface area contributed by atoms with Gasteiger partial charge in [-0.3, -0.25) is 4.90 Å². The molecule has 3 aromatic heterocycles. The smallest absolute Gasteiger partial charge is 0.227 e. The Morgan fingerprint density at radius 3 is 2.89 bits per heavy atom. The number of rotatable bonds is 6. The molecule has 1 aliphatic rings. The Morgan fingerprint density at radius 2 is 2.15 bits per heavy atom. The molecule has 4 heterocycles. The van der Waals surface area contributed by atoms with Crippen LogP contribution in [0, 0.1) is 11.3 Å². The number of hydrogen-bond donors (Lipinski definition) is 0. The summed E-state index contributed by atoms with van der Waals surface area (Å²) in [4.78, 5) is 10.1. The molecule has 1 fully saturated rings. The Kier molecular flexibility index (Phi) is 5.69. The van der Waals surface area contributed by atoms with Gasteiger partial charge in [-0.25, -0.2) is 0 Å². The molecule has 0 bridgehead atoms. The van der Waals surface area contributed by atoms with Gasteiger partial charge in [-0.15, -0.1) is 11.3 Å². The van der Waals surface area contributed by atoms with Gasteiger partial charge < -0.3 is 9.42 Å². The fourth-order valence-corrected chi connectivity index (χ4v) is 4.79. The van der Waals surface area contributed by atoms with Crippen molar-refractivity contribution >= 4 is 39.5 Å². The van der Waals surface area contributed by atoms with Gasteiger partial charge in [0, 0.05) is 32.6 Å². The van der Waals surface area contributed by atoms with Crippen molar-refractivity contribution < 1.29 is 4.52 Å². The summed E-state index contributed by atoms with van der Waals surface area (Å²) in [6, 6.07) is 6.13. The second-order valence-electron chi connectivity index (χ2n) is 6.19. The molecule has 0 N–H and O–H groups in total. The highest BCUT2D eigenvalue weighted by atomic mass is 35.5. The highest BCUT2D eigenvalue weighted by Crippen LogP contribution is 2.31. The topological polar surface area (TPSA) is 82.1 Å². The first-order valence-electron chi connectivity index (χ1n) is 8.63. The molecule has 10 heteroatoms. The minimum Gasteiger partial charge on any atom is -0.358 e. The second kappa shape index (κ2) is 8.35. The minimum absolute atomic E-state index is 0.307. The minimum atomic E-state index is 0.307. The molecule has 0 aromatic carbocycles. The van der Waals surface area contributed by atoms with Crippen molar-refractivity contribution in [2.45, 2.75) is 12.8 Å². The summed E-state index contributed by atoms with van der Waals surface area (Å²) >= 11 is 8.88. The molecular weight excluding hydrogens is 404 g/mol. The Labute approximate surface area is 170 Å². The van der Waals surface area contributed by atoms with E-state index in [9.17, 15) is 5.26 Å². The average Bonchev–Trinajstić information content (AvgIpc) is 3.43. The fourth-order valence-electron chi connectivity index (χ4n) is 3.06. The van der Waals surface area contributed by atoms with Crippen LogP contribution in [0.15, 0.2) is 22.0 Å². The Hall–Kier alpha value is -1.99. The summed E-state index contributed by atoms with van der Waals surface area (Å²) < 4.78 is 9.44. The lowest BCUT2D eigenvalue weighted by Crippen LogP contribution is -2.46. The van der Waals surface area contributed by atoms with Crippen molar-refractivity contribution in [3.63, 3.8) is 0 Å². The van der Waals surface area contributed by atoms with Crippen molar-refractivity contribution in [3.05, 3.63) is 34.1 Å². The van der Waals surface area contributed by atoms with Gasteiger partial charge in [0.15, 0.2) is 5.15 Å². The lowest BCUT2D eigenvalue weighted by atomic mass is 10.2. The first-order chi connectivity index (χ1) is 13.2. The number of hydrogen-bond acceptors (Lipinski definition) is 9. The van der Waals surface area contributed by atoms with Crippen LogP contribution in [0.2, 0.25) is 5.15 Å². The van der Waals surface area contributed by atoms with Crippen LogP contribution in [0.1, 0.15) is 17.9 Å². The van der Waals surface area contributed by atoms with Crippen LogP contribution >= 0.6 is 34.5 Å². The van der Waals surface area contributed by atoms with Gasteiger partial charge in [-0.05, 0) is 35.9 Å². The number of aryl methyl sites for hydroxylation is 1. The summed E-state index contributed by atoms with van der Waals surface area (Å²) in [6.07, 6.45) is 1.75. The SMILES string of the molecule is N#Cc1c(Cl)nsc1N1CCN(CCCc2nc(-c3cccs3)no2)CC1. The van der Waals surface area contributed by atoms with Gasteiger partial charge in [0.25, 0.3) is 0 Å². The third-order valence-corrected chi connectivity index (χ3v) is 6.63. The van der Waals surface area contributed by atoms with Crippen molar-refractivity contribution in [1.82, 2.24) is 19.4 Å².